The molecule has 1 N–H and O–H groups in total. The van der Waals surface area contributed by atoms with Gasteiger partial charge in [0.15, 0.2) is 0 Å². The Morgan fingerprint density at radius 3 is 2.73 bits per heavy atom. The molecule has 0 heterocycles. The molecule has 1 nitrogen and oxygen atoms in total. The van der Waals surface area contributed by atoms with E-state index in [0.717, 1.165) is 48.9 Å². The van der Waals surface area contributed by atoms with E-state index in [1.807, 2.05) is 6.92 Å². The molecule has 1 heteroatoms. The lowest BCUT2D eigenvalue weighted by molar-refractivity contribution is -0.0563. The van der Waals surface area contributed by atoms with E-state index in [-0.39, 0.29) is 6.10 Å². The fraction of sp³-hybridized carbons (Fsp3) is 0.840. The van der Waals surface area contributed by atoms with Gasteiger partial charge in [0.1, 0.15) is 0 Å². The molecular weight excluding hydrogens is 316 g/mol. The minimum Gasteiger partial charge on any atom is -0.393 e. The van der Waals surface area contributed by atoms with Crippen molar-refractivity contribution in [3.63, 3.8) is 0 Å². The molecule has 144 valence electrons. The van der Waals surface area contributed by atoms with Crippen molar-refractivity contribution in [2.45, 2.75) is 91.6 Å². The van der Waals surface area contributed by atoms with Crippen LogP contribution in [0.2, 0.25) is 0 Å². The van der Waals surface area contributed by atoms with E-state index in [1.165, 1.54) is 38.5 Å². The molecule has 0 aromatic heterocycles. The zero-order valence-electron chi connectivity index (χ0n) is 17.4. The maximum atomic E-state index is 10.2. The van der Waals surface area contributed by atoms with Crippen LogP contribution in [0.3, 0.4) is 0 Å². The molecule has 0 radical (unpaired) electrons. The van der Waals surface area contributed by atoms with Gasteiger partial charge < -0.3 is 5.11 Å². The minimum absolute atomic E-state index is 0.0869. The highest BCUT2D eigenvalue weighted by molar-refractivity contribution is 5.25. The lowest BCUT2D eigenvalue weighted by Crippen LogP contribution is -2.50. The second kappa shape index (κ2) is 6.70. The Morgan fingerprint density at radius 2 is 1.96 bits per heavy atom. The van der Waals surface area contributed by atoms with Crippen LogP contribution in [0.4, 0.5) is 0 Å². The Balaban J connectivity index is 1.58. The first-order valence-electron chi connectivity index (χ1n) is 11.2. The molecule has 8 unspecified atom stereocenters. The molecule has 0 spiro atoms. The zero-order chi connectivity index (χ0) is 18.5. The zero-order valence-corrected chi connectivity index (χ0v) is 17.4. The lowest BCUT2D eigenvalue weighted by atomic mass is 9.47. The first-order chi connectivity index (χ1) is 12.4. The third-order valence-corrected chi connectivity index (χ3v) is 9.44. The predicted octanol–water partition coefficient (Wildman–Crippen LogP) is 5.98. The van der Waals surface area contributed by atoms with E-state index in [9.17, 15) is 5.11 Å². The summed E-state index contributed by atoms with van der Waals surface area (Å²) in [5.41, 5.74) is 2.51. The van der Waals surface area contributed by atoms with Gasteiger partial charge in [0.25, 0.3) is 0 Å². The van der Waals surface area contributed by atoms with Gasteiger partial charge in [-0.3, -0.25) is 0 Å². The standard InChI is InChI=1S/C25H38O/c1-5-6-7-17(2)21-10-11-22-20-9-8-18-16-19(26)12-14-24(18,3)23(20)13-15-25(21,22)4/h8,17,19-23,26H,7,9-16H2,1-4H3. The van der Waals surface area contributed by atoms with Crippen molar-refractivity contribution in [2.24, 2.45) is 40.4 Å². The Bertz CT molecular complexity index is 636. The van der Waals surface area contributed by atoms with Gasteiger partial charge >= 0.3 is 0 Å². The van der Waals surface area contributed by atoms with Gasteiger partial charge in [-0.15, -0.1) is 11.8 Å². The van der Waals surface area contributed by atoms with Crippen molar-refractivity contribution in [1.82, 2.24) is 0 Å². The highest BCUT2D eigenvalue weighted by Crippen LogP contribution is 2.67. The van der Waals surface area contributed by atoms with Crippen LogP contribution in [0.5, 0.6) is 0 Å². The summed E-state index contributed by atoms with van der Waals surface area (Å²) < 4.78 is 0. The summed E-state index contributed by atoms with van der Waals surface area (Å²) in [6, 6.07) is 0. The molecule has 0 saturated heterocycles. The van der Waals surface area contributed by atoms with E-state index >= 15 is 0 Å². The molecular formula is C25H38O. The maximum absolute atomic E-state index is 10.2. The third-order valence-electron chi connectivity index (χ3n) is 9.44. The molecule has 0 aromatic rings. The normalized spacial score (nSPS) is 48.3. The number of fused-ring (bicyclic) bond motifs is 5. The van der Waals surface area contributed by atoms with Gasteiger partial charge in [-0.05, 0) is 98.7 Å². The third kappa shape index (κ3) is 2.71. The van der Waals surface area contributed by atoms with E-state index in [4.69, 9.17) is 0 Å². The van der Waals surface area contributed by atoms with Crippen molar-refractivity contribution in [1.29, 1.82) is 0 Å². The Labute approximate surface area is 161 Å². The average molecular weight is 355 g/mol. The molecule has 8 atom stereocenters. The van der Waals surface area contributed by atoms with E-state index in [2.05, 4.69) is 38.7 Å². The van der Waals surface area contributed by atoms with E-state index < -0.39 is 0 Å². The SMILES string of the molecule is CC#CCC(C)C1CCC2C3CC=C4CC(O)CCC4(C)C3CCC12C. The van der Waals surface area contributed by atoms with Crippen molar-refractivity contribution in [2.75, 3.05) is 0 Å². The largest absolute Gasteiger partial charge is 0.393 e. The van der Waals surface area contributed by atoms with E-state index in [0.29, 0.717) is 10.8 Å². The van der Waals surface area contributed by atoms with Crippen LogP contribution in [-0.2, 0) is 0 Å². The topological polar surface area (TPSA) is 20.2 Å². The summed E-state index contributed by atoms with van der Waals surface area (Å²) in [6.45, 7) is 9.60. The Hall–Kier alpha value is -0.740. The van der Waals surface area contributed by atoms with Gasteiger partial charge in [-0.25, -0.2) is 0 Å². The van der Waals surface area contributed by atoms with Gasteiger partial charge in [-0.2, -0.15) is 0 Å². The summed E-state index contributed by atoms with van der Waals surface area (Å²) in [5.74, 6) is 10.7. The van der Waals surface area contributed by atoms with Gasteiger partial charge in [0.2, 0.25) is 0 Å². The average Bonchev–Trinajstić information content (AvgIpc) is 2.97. The van der Waals surface area contributed by atoms with Crippen LogP contribution in [0.1, 0.15) is 85.5 Å². The molecule has 26 heavy (non-hydrogen) atoms. The molecule has 4 aliphatic carbocycles. The van der Waals surface area contributed by atoms with Gasteiger partial charge in [0, 0.05) is 6.42 Å². The summed E-state index contributed by atoms with van der Waals surface area (Å²) in [5, 5.41) is 10.2. The van der Waals surface area contributed by atoms with Gasteiger partial charge in [0.05, 0.1) is 6.10 Å². The number of rotatable bonds is 2. The van der Waals surface area contributed by atoms with Crippen LogP contribution in [0, 0.1) is 52.3 Å². The smallest absolute Gasteiger partial charge is 0.0577 e. The highest BCUT2D eigenvalue weighted by atomic mass is 16.3. The Kier molecular flexibility index (Phi) is 4.80. The monoisotopic (exact) mass is 354 g/mol. The maximum Gasteiger partial charge on any atom is 0.0577 e. The number of hydrogen-bond donors (Lipinski definition) is 1. The summed E-state index contributed by atoms with van der Waals surface area (Å²) in [6.07, 6.45) is 13.7. The van der Waals surface area contributed by atoms with Crippen LogP contribution >= 0.6 is 0 Å². The number of hydrogen-bond acceptors (Lipinski definition) is 1. The van der Waals surface area contributed by atoms with Gasteiger partial charge in [-0.1, -0.05) is 32.4 Å². The number of allylic oxidation sites excluding steroid dienone is 1. The Morgan fingerprint density at radius 1 is 1.15 bits per heavy atom. The molecule has 4 rings (SSSR count). The molecule has 3 fully saturated rings. The molecule has 0 bridgehead atoms. The van der Waals surface area contributed by atoms with Crippen molar-refractivity contribution < 1.29 is 5.11 Å². The van der Waals surface area contributed by atoms with Crippen molar-refractivity contribution in [3.05, 3.63) is 11.6 Å². The van der Waals surface area contributed by atoms with Crippen molar-refractivity contribution >= 4 is 0 Å². The van der Waals surface area contributed by atoms with E-state index in [1.54, 1.807) is 5.57 Å². The second-order valence-electron chi connectivity index (χ2n) is 10.5. The van der Waals surface area contributed by atoms with Crippen LogP contribution in [-0.4, -0.2) is 11.2 Å². The molecule has 4 aliphatic rings. The molecule has 0 amide bonds. The number of aliphatic hydroxyl groups excluding tert-OH is 1. The molecule has 0 aliphatic heterocycles. The first-order valence-corrected chi connectivity index (χ1v) is 11.2. The van der Waals surface area contributed by atoms with Crippen LogP contribution in [0.15, 0.2) is 11.6 Å². The van der Waals surface area contributed by atoms with Crippen LogP contribution in [0.25, 0.3) is 0 Å². The lowest BCUT2D eigenvalue weighted by Gasteiger charge is -2.58. The first kappa shape index (κ1) is 18.6. The highest BCUT2D eigenvalue weighted by Gasteiger charge is 2.59. The summed E-state index contributed by atoms with van der Waals surface area (Å²) in [7, 11) is 0. The second-order valence-corrected chi connectivity index (χ2v) is 10.5. The fourth-order valence-corrected chi connectivity index (χ4v) is 8.02. The molecule has 3 saturated carbocycles. The van der Waals surface area contributed by atoms with Crippen LogP contribution < -0.4 is 0 Å². The predicted molar refractivity (Wildman–Crippen MR) is 108 cm³/mol. The summed E-state index contributed by atoms with van der Waals surface area (Å²) in [4.78, 5) is 0. The number of aliphatic hydroxyl groups is 1. The fourth-order valence-electron chi connectivity index (χ4n) is 8.02. The minimum atomic E-state index is -0.0869. The molecule has 0 aromatic carbocycles. The quantitative estimate of drug-likeness (QED) is 0.478. The van der Waals surface area contributed by atoms with Crippen molar-refractivity contribution in [3.8, 4) is 11.8 Å². The summed E-state index contributed by atoms with van der Waals surface area (Å²) >= 11 is 0.